The first kappa shape index (κ1) is 14.0. The van der Waals surface area contributed by atoms with E-state index in [-0.39, 0.29) is 0 Å². The SMILES string of the molecule is CC(CCNCCc1nccs1)C1CCCNC1. The maximum Gasteiger partial charge on any atom is 0.0937 e. The molecule has 1 saturated heterocycles. The zero-order valence-corrected chi connectivity index (χ0v) is 12.1. The van der Waals surface area contributed by atoms with Crippen LogP contribution in [0.4, 0.5) is 0 Å². The van der Waals surface area contributed by atoms with E-state index in [0.29, 0.717) is 0 Å². The van der Waals surface area contributed by atoms with Gasteiger partial charge < -0.3 is 10.6 Å². The second-order valence-corrected chi connectivity index (χ2v) is 6.28. The van der Waals surface area contributed by atoms with Crippen LogP contribution in [0, 0.1) is 11.8 Å². The average Bonchev–Trinajstić information content (AvgIpc) is 2.92. The summed E-state index contributed by atoms with van der Waals surface area (Å²) in [5.74, 6) is 1.73. The molecule has 18 heavy (non-hydrogen) atoms. The van der Waals surface area contributed by atoms with E-state index in [0.717, 1.165) is 31.3 Å². The third kappa shape index (κ3) is 4.67. The minimum atomic E-state index is 0.838. The molecule has 102 valence electrons. The quantitative estimate of drug-likeness (QED) is 0.744. The third-order valence-corrected chi connectivity index (χ3v) is 4.75. The third-order valence-electron chi connectivity index (χ3n) is 3.92. The summed E-state index contributed by atoms with van der Waals surface area (Å²) in [6.07, 6.45) is 7.01. The van der Waals surface area contributed by atoms with Crippen molar-refractivity contribution in [2.45, 2.75) is 32.6 Å². The zero-order valence-electron chi connectivity index (χ0n) is 11.3. The molecule has 0 spiro atoms. The maximum absolute atomic E-state index is 4.29. The van der Waals surface area contributed by atoms with Crippen LogP contribution < -0.4 is 10.6 Å². The Kier molecular flexibility index (Phi) is 6.11. The van der Waals surface area contributed by atoms with Crippen LogP contribution in [0.15, 0.2) is 11.6 Å². The molecule has 2 atom stereocenters. The number of hydrogen-bond donors (Lipinski definition) is 2. The molecular formula is C14H25N3S. The second kappa shape index (κ2) is 7.87. The first-order valence-corrected chi connectivity index (χ1v) is 8.04. The van der Waals surface area contributed by atoms with Gasteiger partial charge in [-0.25, -0.2) is 4.98 Å². The van der Waals surface area contributed by atoms with Crippen molar-refractivity contribution in [1.29, 1.82) is 0 Å². The molecule has 2 heterocycles. The Balaban J connectivity index is 1.52. The molecule has 1 aromatic heterocycles. The normalized spacial score (nSPS) is 21.9. The van der Waals surface area contributed by atoms with Crippen molar-refractivity contribution in [3.63, 3.8) is 0 Å². The summed E-state index contributed by atoms with van der Waals surface area (Å²) in [4.78, 5) is 4.29. The summed E-state index contributed by atoms with van der Waals surface area (Å²) in [6, 6.07) is 0. The van der Waals surface area contributed by atoms with E-state index in [1.807, 2.05) is 11.6 Å². The predicted octanol–water partition coefficient (Wildman–Crippen LogP) is 2.30. The minimum Gasteiger partial charge on any atom is -0.316 e. The summed E-state index contributed by atoms with van der Waals surface area (Å²) in [5, 5.41) is 10.3. The molecule has 0 aromatic carbocycles. The molecule has 0 amide bonds. The molecule has 0 radical (unpaired) electrons. The fraction of sp³-hybridized carbons (Fsp3) is 0.786. The topological polar surface area (TPSA) is 37.0 Å². The zero-order chi connectivity index (χ0) is 12.6. The van der Waals surface area contributed by atoms with Gasteiger partial charge >= 0.3 is 0 Å². The van der Waals surface area contributed by atoms with Crippen molar-refractivity contribution in [3.05, 3.63) is 16.6 Å². The van der Waals surface area contributed by atoms with Crippen molar-refractivity contribution in [3.8, 4) is 0 Å². The van der Waals surface area contributed by atoms with Crippen LogP contribution >= 0.6 is 11.3 Å². The number of rotatable bonds is 7. The van der Waals surface area contributed by atoms with Gasteiger partial charge in [-0.1, -0.05) is 6.92 Å². The molecule has 3 nitrogen and oxygen atoms in total. The molecule has 1 aromatic rings. The lowest BCUT2D eigenvalue weighted by Gasteiger charge is -2.28. The first-order chi connectivity index (χ1) is 8.86. The van der Waals surface area contributed by atoms with Gasteiger partial charge in [0.2, 0.25) is 0 Å². The molecule has 1 fully saturated rings. The summed E-state index contributed by atoms with van der Waals surface area (Å²) in [7, 11) is 0. The number of aromatic nitrogens is 1. The number of nitrogens with one attached hydrogen (secondary N) is 2. The smallest absolute Gasteiger partial charge is 0.0937 e. The van der Waals surface area contributed by atoms with Crippen molar-refractivity contribution in [1.82, 2.24) is 15.6 Å². The van der Waals surface area contributed by atoms with E-state index >= 15 is 0 Å². The van der Waals surface area contributed by atoms with Gasteiger partial charge in [0.15, 0.2) is 0 Å². The number of nitrogens with zero attached hydrogens (tertiary/aromatic N) is 1. The second-order valence-electron chi connectivity index (χ2n) is 5.30. The Labute approximate surface area is 114 Å². The standard InChI is InChI=1S/C14H25N3S/c1-12(13-3-2-6-16-11-13)4-7-15-8-5-14-17-9-10-18-14/h9-10,12-13,15-16H,2-8,11H2,1H3. The fourth-order valence-corrected chi connectivity index (χ4v) is 3.25. The van der Waals surface area contributed by atoms with E-state index in [1.54, 1.807) is 11.3 Å². The lowest BCUT2D eigenvalue weighted by Crippen LogP contribution is -2.34. The highest BCUT2D eigenvalue weighted by atomic mass is 32.1. The molecule has 2 unspecified atom stereocenters. The molecule has 1 aliphatic heterocycles. The van der Waals surface area contributed by atoms with Crippen molar-refractivity contribution < 1.29 is 0 Å². The van der Waals surface area contributed by atoms with Crippen LogP contribution in [0.3, 0.4) is 0 Å². The first-order valence-electron chi connectivity index (χ1n) is 7.16. The van der Waals surface area contributed by atoms with E-state index in [9.17, 15) is 0 Å². The fourth-order valence-electron chi connectivity index (χ4n) is 2.63. The van der Waals surface area contributed by atoms with Gasteiger partial charge in [-0.2, -0.15) is 0 Å². The Morgan fingerprint density at radius 2 is 2.50 bits per heavy atom. The van der Waals surface area contributed by atoms with Crippen LogP contribution in [0.5, 0.6) is 0 Å². The molecule has 2 N–H and O–H groups in total. The molecule has 0 saturated carbocycles. The minimum absolute atomic E-state index is 0.838. The van der Waals surface area contributed by atoms with E-state index in [2.05, 4.69) is 22.5 Å². The maximum atomic E-state index is 4.29. The Morgan fingerprint density at radius 1 is 1.56 bits per heavy atom. The molecular weight excluding hydrogens is 242 g/mol. The Morgan fingerprint density at radius 3 is 3.22 bits per heavy atom. The van der Waals surface area contributed by atoms with Gasteiger partial charge in [0.05, 0.1) is 5.01 Å². The molecule has 0 aliphatic carbocycles. The molecule has 0 bridgehead atoms. The van der Waals surface area contributed by atoms with Gasteiger partial charge in [0, 0.05) is 24.5 Å². The summed E-state index contributed by atoms with van der Waals surface area (Å²) < 4.78 is 0. The summed E-state index contributed by atoms with van der Waals surface area (Å²) >= 11 is 1.75. The van der Waals surface area contributed by atoms with Crippen molar-refractivity contribution in [2.24, 2.45) is 11.8 Å². The largest absolute Gasteiger partial charge is 0.316 e. The molecule has 1 aliphatic rings. The number of piperidine rings is 1. The van der Waals surface area contributed by atoms with E-state index in [4.69, 9.17) is 0 Å². The highest BCUT2D eigenvalue weighted by molar-refractivity contribution is 7.09. The monoisotopic (exact) mass is 267 g/mol. The van der Waals surface area contributed by atoms with Crippen LogP contribution in [0.1, 0.15) is 31.2 Å². The number of thiazole rings is 1. The molecule has 4 heteroatoms. The van der Waals surface area contributed by atoms with E-state index in [1.165, 1.54) is 37.4 Å². The highest BCUT2D eigenvalue weighted by Gasteiger charge is 2.18. The number of hydrogen-bond acceptors (Lipinski definition) is 4. The van der Waals surface area contributed by atoms with Gasteiger partial charge in [0.1, 0.15) is 0 Å². The van der Waals surface area contributed by atoms with Crippen LogP contribution in [-0.2, 0) is 6.42 Å². The van der Waals surface area contributed by atoms with E-state index < -0.39 is 0 Å². The Hall–Kier alpha value is -0.450. The summed E-state index contributed by atoms with van der Waals surface area (Å²) in [6.45, 7) is 7.04. The van der Waals surface area contributed by atoms with Crippen molar-refractivity contribution >= 4 is 11.3 Å². The van der Waals surface area contributed by atoms with Crippen LogP contribution in [-0.4, -0.2) is 31.2 Å². The predicted molar refractivity (Wildman–Crippen MR) is 78.1 cm³/mol. The van der Waals surface area contributed by atoms with Crippen molar-refractivity contribution in [2.75, 3.05) is 26.2 Å². The highest BCUT2D eigenvalue weighted by Crippen LogP contribution is 2.21. The van der Waals surface area contributed by atoms with Gasteiger partial charge in [-0.05, 0) is 50.7 Å². The lowest BCUT2D eigenvalue weighted by atomic mass is 9.85. The lowest BCUT2D eigenvalue weighted by molar-refractivity contribution is 0.266. The molecule has 2 rings (SSSR count). The van der Waals surface area contributed by atoms with Crippen LogP contribution in [0.25, 0.3) is 0 Å². The Bertz CT molecular complexity index is 307. The van der Waals surface area contributed by atoms with Gasteiger partial charge in [0.25, 0.3) is 0 Å². The van der Waals surface area contributed by atoms with Gasteiger partial charge in [-0.15, -0.1) is 11.3 Å². The van der Waals surface area contributed by atoms with Gasteiger partial charge in [-0.3, -0.25) is 0 Å². The van der Waals surface area contributed by atoms with Crippen LogP contribution in [0.2, 0.25) is 0 Å². The summed E-state index contributed by atoms with van der Waals surface area (Å²) in [5.41, 5.74) is 0. The average molecular weight is 267 g/mol.